The number of carbonyl (C=O) groups excluding carboxylic acids is 1. The zero-order valence-corrected chi connectivity index (χ0v) is 10.6. The van der Waals surface area contributed by atoms with Crippen molar-refractivity contribution in [2.24, 2.45) is 11.8 Å². The lowest BCUT2D eigenvalue weighted by Crippen LogP contribution is -2.30. The molecule has 0 aromatic rings. The first-order chi connectivity index (χ1) is 8.66. The molecular weight excluding hydrogens is 234 g/mol. The predicted octanol–water partition coefficient (Wildman–Crippen LogP) is 1.13. The molecule has 0 aromatic carbocycles. The second kappa shape index (κ2) is 6.18. The maximum absolute atomic E-state index is 11.5. The lowest BCUT2D eigenvalue weighted by Gasteiger charge is -2.17. The average molecular weight is 255 g/mol. The van der Waals surface area contributed by atoms with Gasteiger partial charge in [0.05, 0.1) is 12.5 Å². The summed E-state index contributed by atoms with van der Waals surface area (Å²) in [6.07, 6.45) is 5.25. The van der Waals surface area contributed by atoms with Gasteiger partial charge in [0.25, 0.3) is 0 Å². The highest BCUT2D eigenvalue weighted by Gasteiger charge is 2.33. The average Bonchev–Trinajstić information content (AvgIpc) is 2.94. The number of carboxylic acid groups (broad SMARTS) is 1. The van der Waals surface area contributed by atoms with Gasteiger partial charge in [-0.15, -0.1) is 0 Å². The number of aliphatic carboxylic acids is 1. The first-order valence-electron chi connectivity index (χ1n) is 6.75. The van der Waals surface area contributed by atoms with E-state index in [1.54, 1.807) is 4.90 Å². The molecule has 18 heavy (non-hydrogen) atoms. The fourth-order valence-electron chi connectivity index (χ4n) is 2.76. The molecule has 5 heteroatoms. The second-order valence-electron chi connectivity index (χ2n) is 5.30. The summed E-state index contributed by atoms with van der Waals surface area (Å²) in [5.41, 5.74) is 0. The molecule has 5 nitrogen and oxygen atoms in total. The van der Waals surface area contributed by atoms with Crippen LogP contribution in [0.4, 0.5) is 0 Å². The van der Waals surface area contributed by atoms with Gasteiger partial charge in [0, 0.05) is 26.1 Å². The monoisotopic (exact) mass is 255 g/mol. The standard InChI is InChI=1S/C13H21NO4/c15-12-7-11(13(16)17)8-14(12)5-6-18-9-10-3-1-2-4-10/h10-11H,1-9H2,(H,16,17). The Hall–Kier alpha value is -1.10. The molecule has 0 bridgehead atoms. The van der Waals surface area contributed by atoms with Gasteiger partial charge >= 0.3 is 5.97 Å². The molecule has 2 aliphatic rings. The van der Waals surface area contributed by atoms with Crippen LogP contribution in [0.3, 0.4) is 0 Å². The van der Waals surface area contributed by atoms with E-state index in [0.717, 1.165) is 6.61 Å². The quantitative estimate of drug-likeness (QED) is 0.722. The molecule has 0 spiro atoms. The van der Waals surface area contributed by atoms with Crippen LogP contribution in [0.15, 0.2) is 0 Å². The lowest BCUT2D eigenvalue weighted by molar-refractivity contribution is -0.141. The summed E-state index contributed by atoms with van der Waals surface area (Å²) in [5.74, 6) is -0.789. The Morgan fingerprint density at radius 1 is 1.39 bits per heavy atom. The van der Waals surface area contributed by atoms with E-state index in [-0.39, 0.29) is 12.3 Å². The Bertz CT molecular complexity index is 312. The van der Waals surface area contributed by atoms with Crippen LogP contribution in [0, 0.1) is 11.8 Å². The number of hydrogen-bond acceptors (Lipinski definition) is 3. The molecule has 0 radical (unpaired) electrons. The topological polar surface area (TPSA) is 66.8 Å². The molecular formula is C13H21NO4. The van der Waals surface area contributed by atoms with Gasteiger partial charge in [-0.25, -0.2) is 0 Å². The number of ether oxygens (including phenoxy) is 1. The van der Waals surface area contributed by atoms with Gasteiger partial charge in [-0.3, -0.25) is 9.59 Å². The van der Waals surface area contributed by atoms with Crippen LogP contribution < -0.4 is 0 Å². The van der Waals surface area contributed by atoms with Gasteiger partial charge in [-0.2, -0.15) is 0 Å². The molecule has 1 saturated heterocycles. The lowest BCUT2D eigenvalue weighted by atomic mass is 10.1. The first kappa shape index (κ1) is 13.3. The van der Waals surface area contributed by atoms with Crippen molar-refractivity contribution in [3.8, 4) is 0 Å². The highest BCUT2D eigenvalue weighted by atomic mass is 16.5. The fraction of sp³-hybridized carbons (Fsp3) is 0.846. The van der Waals surface area contributed by atoms with Crippen LogP contribution in [0.1, 0.15) is 32.1 Å². The number of likely N-dealkylation sites (tertiary alicyclic amines) is 1. The molecule has 1 amide bonds. The molecule has 1 unspecified atom stereocenters. The van der Waals surface area contributed by atoms with Crippen LogP contribution in [0.25, 0.3) is 0 Å². The number of carboxylic acids is 1. The minimum Gasteiger partial charge on any atom is -0.481 e. The molecule has 0 aromatic heterocycles. The van der Waals surface area contributed by atoms with Crippen LogP contribution in [0.2, 0.25) is 0 Å². The van der Waals surface area contributed by atoms with Gasteiger partial charge in [-0.05, 0) is 18.8 Å². The maximum Gasteiger partial charge on any atom is 0.308 e. The van der Waals surface area contributed by atoms with Crippen molar-refractivity contribution in [3.05, 3.63) is 0 Å². The van der Waals surface area contributed by atoms with Gasteiger partial charge in [-0.1, -0.05) is 12.8 Å². The number of hydrogen-bond donors (Lipinski definition) is 1. The summed E-state index contributed by atoms with van der Waals surface area (Å²) in [7, 11) is 0. The molecule has 1 aliphatic carbocycles. The van der Waals surface area contributed by atoms with Gasteiger partial charge in [0.2, 0.25) is 5.91 Å². The van der Waals surface area contributed by atoms with E-state index in [1.807, 2.05) is 0 Å². The molecule has 102 valence electrons. The van der Waals surface area contributed by atoms with E-state index < -0.39 is 11.9 Å². The largest absolute Gasteiger partial charge is 0.481 e. The SMILES string of the molecule is O=C(O)C1CC(=O)N(CCOCC2CCCC2)C1. The summed E-state index contributed by atoms with van der Waals surface area (Å²) in [5, 5.41) is 8.85. The Morgan fingerprint density at radius 3 is 2.72 bits per heavy atom. The van der Waals surface area contributed by atoms with Crippen molar-refractivity contribution in [1.82, 2.24) is 4.90 Å². The van der Waals surface area contributed by atoms with Gasteiger partial charge in [0.15, 0.2) is 0 Å². The van der Waals surface area contributed by atoms with E-state index in [4.69, 9.17) is 9.84 Å². The number of amides is 1. The van der Waals surface area contributed by atoms with E-state index >= 15 is 0 Å². The summed E-state index contributed by atoms with van der Waals surface area (Å²) < 4.78 is 5.58. The Labute approximate surface area is 107 Å². The molecule has 2 fully saturated rings. The maximum atomic E-state index is 11.5. The van der Waals surface area contributed by atoms with Crippen molar-refractivity contribution in [3.63, 3.8) is 0 Å². The van der Waals surface area contributed by atoms with Crippen LogP contribution in [0.5, 0.6) is 0 Å². The summed E-state index contributed by atoms with van der Waals surface area (Å²) in [6, 6.07) is 0. The predicted molar refractivity (Wildman–Crippen MR) is 65.1 cm³/mol. The molecule has 1 atom stereocenters. The van der Waals surface area contributed by atoms with Crippen LogP contribution in [-0.2, 0) is 14.3 Å². The molecule has 1 N–H and O–H groups in total. The number of nitrogens with zero attached hydrogens (tertiary/aromatic N) is 1. The number of rotatable bonds is 6. The summed E-state index contributed by atoms with van der Waals surface area (Å²) in [4.78, 5) is 23.9. The highest BCUT2D eigenvalue weighted by Crippen LogP contribution is 2.24. The zero-order valence-electron chi connectivity index (χ0n) is 10.6. The van der Waals surface area contributed by atoms with E-state index in [2.05, 4.69) is 0 Å². The summed E-state index contributed by atoms with van der Waals surface area (Å²) >= 11 is 0. The Kier molecular flexibility index (Phi) is 4.58. The van der Waals surface area contributed by atoms with Crippen molar-refractivity contribution >= 4 is 11.9 Å². The Morgan fingerprint density at radius 2 is 2.11 bits per heavy atom. The van der Waals surface area contributed by atoms with Crippen LogP contribution in [-0.4, -0.2) is 48.2 Å². The minimum atomic E-state index is -0.877. The van der Waals surface area contributed by atoms with E-state index in [1.165, 1.54) is 25.7 Å². The van der Waals surface area contributed by atoms with E-state index in [0.29, 0.717) is 25.6 Å². The van der Waals surface area contributed by atoms with Crippen LogP contribution >= 0.6 is 0 Å². The van der Waals surface area contributed by atoms with Crippen molar-refractivity contribution in [2.75, 3.05) is 26.3 Å². The second-order valence-corrected chi connectivity index (χ2v) is 5.30. The van der Waals surface area contributed by atoms with Gasteiger partial charge < -0.3 is 14.7 Å². The Balaban J connectivity index is 1.61. The normalized spacial score (nSPS) is 25.0. The first-order valence-corrected chi connectivity index (χ1v) is 6.75. The third-order valence-electron chi connectivity index (χ3n) is 3.90. The van der Waals surface area contributed by atoms with Crippen molar-refractivity contribution < 1.29 is 19.4 Å². The fourth-order valence-corrected chi connectivity index (χ4v) is 2.76. The van der Waals surface area contributed by atoms with Gasteiger partial charge in [0.1, 0.15) is 0 Å². The molecule has 2 rings (SSSR count). The number of carbonyl (C=O) groups is 2. The van der Waals surface area contributed by atoms with E-state index in [9.17, 15) is 9.59 Å². The molecule has 1 saturated carbocycles. The zero-order chi connectivity index (χ0) is 13.0. The highest BCUT2D eigenvalue weighted by molar-refractivity contribution is 5.86. The minimum absolute atomic E-state index is 0.0631. The van der Waals surface area contributed by atoms with Crippen molar-refractivity contribution in [2.45, 2.75) is 32.1 Å². The molecule has 1 aliphatic heterocycles. The smallest absolute Gasteiger partial charge is 0.308 e. The molecule has 1 heterocycles. The summed E-state index contributed by atoms with van der Waals surface area (Å²) in [6.45, 7) is 2.16. The van der Waals surface area contributed by atoms with Crippen molar-refractivity contribution in [1.29, 1.82) is 0 Å². The third kappa shape index (κ3) is 3.45. The third-order valence-corrected chi connectivity index (χ3v) is 3.90.